The molecule has 2 aromatic rings. The molecule has 0 atom stereocenters. The van der Waals surface area contributed by atoms with Crippen molar-refractivity contribution in [3.8, 4) is 5.75 Å². The second-order valence-electron chi connectivity index (χ2n) is 4.96. The highest BCUT2D eigenvalue weighted by atomic mass is 32.2. The first-order valence-electron chi connectivity index (χ1n) is 7.06. The number of benzene rings is 2. The highest BCUT2D eigenvalue weighted by Gasteiger charge is 2.23. The molecule has 0 bridgehead atoms. The van der Waals surface area contributed by atoms with Crippen LogP contribution in [0.1, 0.15) is 5.56 Å². The predicted octanol–water partition coefficient (Wildman–Crippen LogP) is 2.16. The number of nitrogens with two attached hydrogens (primary N) is 1. The van der Waals surface area contributed by atoms with E-state index in [0.717, 1.165) is 5.56 Å². The van der Waals surface area contributed by atoms with Gasteiger partial charge >= 0.3 is 10.3 Å². The van der Waals surface area contributed by atoms with Crippen molar-refractivity contribution in [3.63, 3.8) is 0 Å². The number of nitrogens with zero attached hydrogens (tertiary/aromatic N) is 1. The Morgan fingerprint density at radius 2 is 1.76 bits per heavy atom. The van der Waals surface area contributed by atoms with Crippen LogP contribution in [0.25, 0.3) is 6.08 Å². The summed E-state index contributed by atoms with van der Waals surface area (Å²) in [4.78, 5) is 16.9. The Hall–Kier alpha value is -2.62. The van der Waals surface area contributed by atoms with Gasteiger partial charge < -0.3 is 9.50 Å². The van der Waals surface area contributed by atoms with Gasteiger partial charge in [-0.05, 0) is 47.7 Å². The van der Waals surface area contributed by atoms with Gasteiger partial charge in [0.15, 0.2) is 5.17 Å². The van der Waals surface area contributed by atoms with Crippen LogP contribution in [0.2, 0.25) is 0 Å². The zero-order valence-corrected chi connectivity index (χ0v) is 14.4. The van der Waals surface area contributed by atoms with Crippen LogP contribution >= 0.6 is 11.8 Å². The molecular formula is C16H13N3O4S2. The molecule has 0 radical (unpaired) electrons. The van der Waals surface area contributed by atoms with Crippen LogP contribution < -0.4 is 14.6 Å². The molecule has 0 aliphatic carbocycles. The minimum atomic E-state index is -4.06. The number of amides is 1. The van der Waals surface area contributed by atoms with E-state index in [9.17, 15) is 13.2 Å². The van der Waals surface area contributed by atoms with Crippen LogP contribution in [0.4, 0.5) is 5.69 Å². The number of hydrogen-bond donors (Lipinski definition) is 2. The van der Waals surface area contributed by atoms with E-state index >= 15 is 0 Å². The quantitative estimate of drug-likeness (QED) is 0.796. The van der Waals surface area contributed by atoms with E-state index in [-0.39, 0.29) is 11.7 Å². The average molecular weight is 375 g/mol. The molecular weight excluding hydrogens is 362 g/mol. The SMILES string of the molecule is NS(=O)(=O)Oc1ccc(N=C2NC(=O)/C(=C\c3ccccc3)S2)cc1. The monoisotopic (exact) mass is 375 g/mol. The maximum absolute atomic E-state index is 12.0. The van der Waals surface area contributed by atoms with Crippen molar-refractivity contribution < 1.29 is 17.4 Å². The third kappa shape index (κ3) is 4.92. The normalized spacial score (nSPS) is 17.7. The fourth-order valence-electron chi connectivity index (χ4n) is 2.01. The van der Waals surface area contributed by atoms with Crippen LogP contribution in [-0.4, -0.2) is 19.5 Å². The van der Waals surface area contributed by atoms with E-state index in [1.807, 2.05) is 30.3 Å². The Bertz CT molecular complexity index is 953. The summed E-state index contributed by atoms with van der Waals surface area (Å²) in [6, 6.07) is 15.4. The van der Waals surface area contributed by atoms with Crippen LogP contribution in [0, 0.1) is 0 Å². The zero-order valence-electron chi connectivity index (χ0n) is 12.7. The predicted molar refractivity (Wildman–Crippen MR) is 97.4 cm³/mol. The lowest BCUT2D eigenvalue weighted by Crippen LogP contribution is -2.19. The molecule has 2 aromatic carbocycles. The van der Waals surface area contributed by atoms with Crippen molar-refractivity contribution in [1.29, 1.82) is 0 Å². The van der Waals surface area contributed by atoms with Gasteiger partial charge in [-0.2, -0.15) is 13.6 Å². The lowest BCUT2D eigenvalue weighted by atomic mass is 10.2. The molecule has 7 nitrogen and oxygen atoms in total. The Labute approximate surface area is 148 Å². The van der Waals surface area contributed by atoms with Gasteiger partial charge in [0.1, 0.15) is 5.75 Å². The van der Waals surface area contributed by atoms with Crippen molar-refractivity contribution >= 4 is 44.9 Å². The summed E-state index contributed by atoms with van der Waals surface area (Å²) >= 11 is 1.23. The van der Waals surface area contributed by atoms with Crippen molar-refractivity contribution in [2.24, 2.45) is 10.1 Å². The summed E-state index contributed by atoms with van der Waals surface area (Å²) in [5, 5.41) is 7.92. The molecule has 0 aromatic heterocycles. The van der Waals surface area contributed by atoms with Crippen molar-refractivity contribution in [2.45, 2.75) is 0 Å². The van der Waals surface area contributed by atoms with E-state index in [2.05, 4.69) is 14.5 Å². The summed E-state index contributed by atoms with van der Waals surface area (Å²) in [6.45, 7) is 0. The number of aliphatic imine (C=N–C) groups is 1. The van der Waals surface area contributed by atoms with E-state index in [1.54, 1.807) is 18.2 Å². The molecule has 9 heteroatoms. The third-order valence-electron chi connectivity index (χ3n) is 3.03. The van der Waals surface area contributed by atoms with Gasteiger partial charge in [-0.15, -0.1) is 0 Å². The molecule has 1 aliphatic rings. The Balaban J connectivity index is 1.75. The summed E-state index contributed by atoms with van der Waals surface area (Å²) < 4.78 is 26.3. The minimum Gasteiger partial charge on any atom is -0.371 e. The van der Waals surface area contributed by atoms with Gasteiger partial charge in [0.2, 0.25) is 0 Å². The first-order valence-corrected chi connectivity index (χ1v) is 9.35. The molecule has 3 rings (SSSR count). The Morgan fingerprint density at radius 3 is 2.40 bits per heavy atom. The van der Waals surface area contributed by atoms with Crippen LogP contribution in [0.15, 0.2) is 64.5 Å². The smallest absolute Gasteiger partial charge is 0.371 e. The Morgan fingerprint density at radius 1 is 1.08 bits per heavy atom. The molecule has 1 heterocycles. The van der Waals surface area contributed by atoms with E-state index in [4.69, 9.17) is 5.14 Å². The standard InChI is InChI=1S/C16H13N3O4S2/c17-25(21,22)23-13-8-6-12(7-9-13)18-16-19-15(20)14(24-16)10-11-4-2-1-3-5-11/h1-10H,(H2,17,21,22)(H,18,19,20)/b14-10+. The molecule has 0 saturated carbocycles. The molecule has 3 N–H and O–H groups in total. The number of amidine groups is 1. The van der Waals surface area contributed by atoms with Crippen molar-refractivity contribution in [1.82, 2.24) is 5.32 Å². The Kier molecular flexibility index (Phi) is 4.88. The topological polar surface area (TPSA) is 111 Å². The maximum atomic E-state index is 12.0. The maximum Gasteiger partial charge on any atom is 0.380 e. The van der Waals surface area contributed by atoms with Crippen LogP contribution in [0.3, 0.4) is 0 Å². The summed E-state index contributed by atoms with van der Waals surface area (Å²) in [5.41, 5.74) is 1.46. The summed E-state index contributed by atoms with van der Waals surface area (Å²) in [7, 11) is -4.06. The lowest BCUT2D eigenvalue weighted by molar-refractivity contribution is -0.115. The van der Waals surface area contributed by atoms with Gasteiger partial charge in [0.05, 0.1) is 10.6 Å². The fourth-order valence-corrected chi connectivity index (χ4v) is 3.23. The van der Waals surface area contributed by atoms with E-state index in [0.29, 0.717) is 15.8 Å². The minimum absolute atomic E-state index is 0.0826. The van der Waals surface area contributed by atoms with Crippen LogP contribution in [-0.2, 0) is 15.1 Å². The number of carbonyl (C=O) groups excluding carboxylic acids is 1. The molecule has 1 amide bonds. The number of nitrogens with one attached hydrogen (secondary N) is 1. The first-order chi connectivity index (χ1) is 11.9. The fraction of sp³-hybridized carbons (Fsp3) is 0. The largest absolute Gasteiger partial charge is 0.380 e. The molecule has 0 unspecified atom stereocenters. The van der Waals surface area contributed by atoms with Gasteiger partial charge in [-0.1, -0.05) is 30.3 Å². The molecule has 1 fully saturated rings. The van der Waals surface area contributed by atoms with Gasteiger partial charge in [-0.25, -0.2) is 4.99 Å². The van der Waals surface area contributed by atoms with E-state index in [1.165, 1.54) is 23.9 Å². The number of rotatable bonds is 4. The van der Waals surface area contributed by atoms with Crippen molar-refractivity contribution in [3.05, 3.63) is 65.1 Å². The first kappa shape index (κ1) is 17.2. The summed E-state index contributed by atoms with van der Waals surface area (Å²) in [5.74, 6) is -0.138. The number of thioether (sulfide) groups is 1. The second kappa shape index (κ2) is 7.09. The second-order valence-corrected chi connectivity index (χ2v) is 7.15. The summed E-state index contributed by atoms with van der Waals surface area (Å²) in [6.07, 6.45) is 1.78. The highest BCUT2D eigenvalue weighted by Crippen LogP contribution is 2.28. The molecule has 25 heavy (non-hydrogen) atoms. The molecule has 1 aliphatic heterocycles. The van der Waals surface area contributed by atoms with Gasteiger partial charge in [0.25, 0.3) is 5.91 Å². The molecule has 0 spiro atoms. The molecule has 128 valence electrons. The lowest BCUT2D eigenvalue weighted by Gasteiger charge is -2.02. The van der Waals surface area contributed by atoms with Gasteiger partial charge in [-0.3, -0.25) is 4.79 Å². The average Bonchev–Trinajstić information content (AvgIpc) is 2.88. The van der Waals surface area contributed by atoms with Gasteiger partial charge in [0, 0.05) is 0 Å². The van der Waals surface area contributed by atoms with E-state index < -0.39 is 10.3 Å². The molecule has 1 saturated heterocycles. The zero-order chi connectivity index (χ0) is 17.9. The highest BCUT2D eigenvalue weighted by molar-refractivity contribution is 8.18. The van der Waals surface area contributed by atoms with Crippen LogP contribution in [0.5, 0.6) is 5.75 Å². The van der Waals surface area contributed by atoms with Crippen molar-refractivity contribution in [2.75, 3.05) is 0 Å². The number of hydrogen-bond acceptors (Lipinski definition) is 6. The number of carbonyl (C=O) groups is 1. The third-order valence-corrected chi connectivity index (χ3v) is 4.36.